The van der Waals surface area contributed by atoms with Crippen molar-refractivity contribution in [2.45, 2.75) is 38.5 Å². The Morgan fingerprint density at radius 1 is 0.321 bits per heavy atom. The average molecular weight is 719 g/mol. The molecule has 0 amide bonds. The Morgan fingerprint density at radius 3 is 1.32 bits per heavy atom. The number of fused-ring (bicyclic) bond motifs is 11. The number of benzene rings is 9. The second-order valence-corrected chi connectivity index (χ2v) is 16.5. The average Bonchev–Trinajstić information content (AvgIpc) is 3.24. The van der Waals surface area contributed by atoms with Crippen molar-refractivity contribution < 1.29 is 0 Å². The molecule has 0 N–H and O–H groups in total. The number of anilines is 6. The van der Waals surface area contributed by atoms with E-state index in [-0.39, 0.29) is 10.8 Å². The van der Waals surface area contributed by atoms with E-state index >= 15 is 0 Å². The molecule has 0 radical (unpaired) electrons. The van der Waals surface area contributed by atoms with Crippen molar-refractivity contribution in [2.24, 2.45) is 0 Å². The Morgan fingerprint density at radius 2 is 0.732 bits per heavy atom. The van der Waals surface area contributed by atoms with Gasteiger partial charge in [0.15, 0.2) is 0 Å². The number of hydrogen-bond acceptors (Lipinski definition) is 2. The smallest absolute Gasteiger partial charge is 0.0509 e. The van der Waals surface area contributed by atoms with E-state index in [4.69, 9.17) is 0 Å². The Kier molecular flexibility index (Phi) is 6.98. The highest BCUT2D eigenvalue weighted by Gasteiger charge is 2.40. The maximum atomic E-state index is 2.49. The fourth-order valence-corrected chi connectivity index (χ4v) is 10.1. The summed E-state index contributed by atoms with van der Waals surface area (Å²) in [4.78, 5) is 4.93. The van der Waals surface area contributed by atoms with E-state index in [1.165, 1.54) is 94.1 Å². The standard InChI is InChI=1S/C54H42N2/c1-53(2)44-25-15-16-26-47(44)55(37-17-7-5-8-18-37)48-30-27-35(33-45(48)53)36-28-31-49-46(34-36)54(3,4)52-50(56(49)38-19-9-6-10-20-38)32-29-43-41-23-12-11-21-39(41)40-22-13-14-24-42(40)51(43)52/h5-34H,1-4H3. The van der Waals surface area contributed by atoms with Gasteiger partial charge in [-0.05, 0) is 126 Å². The minimum atomic E-state index is -0.312. The van der Waals surface area contributed by atoms with Gasteiger partial charge in [-0.15, -0.1) is 0 Å². The summed E-state index contributed by atoms with van der Waals surface area (Å²) in [7, 11) is 0. The van der Waals surface area contributed by atoms with Gasteiger partial charge in [-0.3, -0.25) is 0 Å². The predicted octanol–water partition coefficient (Wildman–Crippen LogP) is 15.0. The number of hydrogen-bond donors (Lipinski definition) is 0. The maximum Gasteiger partial charge on any atom is 0.0509 e. The van der Waals surface area contributed by atoms with Crippen LogP contribution in [0.25, 0.3) is 43.4 Å². The molecule has 0 saturated carbocycles. The fourth-order valence-electron chi connectivity index (χ4n) is 10.1. The van der Waals surface area contributed by atoms with Gasteiger partial charge in [0.05, 0.1) is 22.7 Å². The molecule has 9 aromatic rings. The molecule has 0 bridgehead atoms. The van der Waals surface area contributed by atoms with E-state index in [0.29, 0.717) is 0 Å². The van der Waals surface area contributed by atoms with Crippen LogP contribution in [0.5, 0.6) is 0 Å². The van der Waals surface area contributed by atoms with Gasteiger partial charge >= 0.3 is 0 Å². The molecule has 0 aliphatic carbocycles. The van der Waals surface area contributed by atoms with Crippen LogP contribution in [0.1, 0.15) is 49.9 Å². The summed E-state index contributed by atoms with van der Waals surface area (Å²) < 4.78 is 0. The van der Waals surface area contributed by atoms with Crippen LogP contribution < -0.4 is 9.80 Å². The first-order valence-electron chi connectivity index (χ1n) is 19.8. The molecule has 0 saturated heterocycles. The van der Waals surface area contributed by atoms with E-state index in [9.17, 15) is 0 Å². The molecule has 268 valence electrons. The predicted molar refractivity (Wildman–Crippen MR) is 238 cm³/mol. The monoisotopic (exact) mass is 718 g/mol. The van der Waals surface area contributed by atoms with Gasteiger partial charge in [-0.25, -0.2) is 0 Å². The van der Waals surface area contributed by atoms with Crippen LogP contribution in [0.3, 0.4) is 0 Å². The van der Waals surface area contributed by atoms with Gasteiger partial charge in [0.2, 0.25) is 0 Å². The minimum Gasteiger partial charge on any atom is -0.310 e. The minimum absolute atomic E-state index is 0.188. The highest BCUT2D eigenvalue weighted by Crippen LogP contribution is 2.57. The first kappa shape index (κ1) is 32.8. The summed E-state index contributed by atoms with van der Waals surface area (Å²) in [6.07, 6.45) is 0. The third kappa shape index (κ3) is 4.56. The molecule has 0 fully saturated rings. The third-order valence-electron chi connectivity index (χ3n) is 12.8. The molecule has 56 heavy (non-hydrogen) atoms. The van der Waals surface area contributed by atoms with Gasteiger partial charge in [0, 0.05) is 22.2 Å². The number of para-hydroxylation sites is 3. The van der Waals surface area contributed by atoms with Crippen LogP contribution >= 0.6 is 0 Å². The van der Waals surface area contributed by atoms with Gasteiger partial charge in [0.1, 0.15) is 0 Å². The Hall–Kier alpha value is -6.64. The van der Waals surface area contributed by atoms with Crippen LogP contribution in [0.15, 0.2) is 182 Å². The molecular formula is C54H42N2. The molecule has 2 nitrogen and oxygen atoms in total. The maximum absolute atomic E-state index is 2.49. The van der Waals surface area contributed by atoms with Crippen LogP contribution in [0.4, 0.5) is 34.1 Å². The highest BCUT2D eigenvalue weighted by molar-refractivity contribution is 6.27. The topological polar surface area (TPSA) is 6.48 Å². The van der Waals surface area contributed by atoms with Crippen molar-refractivity contribution in [3.05, 3.63) is 204 Å². The normalized spacial score (nSPS) is 15.0. The van der Waals surface area contributed by atoms with Crippen molar-refractivity contribution in [1.82, 2.24) is 0 Å². The van der Waals surface area contributed by atoms with Crippen molar-refractivity contribution in [1.29, 1.82) is 0 Å². The lowest BCUT2D eigenvalue weighted by atomic mass is 9.70. The molecule has 0 atom stereocenters. The quantitative estimate of drug-likeness (QED) is 0.168. The van der Waals surface area contributed by atoms with E-state index in [2.05, 4.69) is 219 Å². The molecule has 2 aliphatic rings. The zero-order chi connectivity index (χ0) is 37.8. The lowest BCUT2D eigenvalue weighted by molar-refractivity contribution is 0.632. The second kappa shape index (κ2) is 11.9. The van der Waals surface area contributed by atoms with Crippen molar-refractivity contribution in [2.75, 3.05) is 9.80 Å². The third-order valence-corrected chi connectivity index (χ3v) is 12.8. The lowest BCUT2D eigenvalue weighted by Gasteiger charge is -2.43. The zero-order valence-corrected chi connectivity index (χ0v) is 32.2. The summed E-state index contributed by atoms with van der Waals surface area (Å²) >= 11 is 0. The number of nitrogens with zero attached hydrogens (tertiary/aromatic N) is 2. The molecule has 0 unspecified atom stereocenters. The first-order chi connectivity index (χ1) is 27.3. The Bertz CT molecular complexity index is 2990. The zero-order valence-electron chi connectivity index (χ0n) is 32.2. The molecular weight excluding hydrogens is 677 g/mol. The van der Waals surface area contributed by atoms with Gasteiger partial charge in [-0.1, -0.05) is 149 Å². The SMILES string of the molecule is CC1(C)c2ccccc2N(c2ccccc2)c2ccc(-c3ccc4c(c3)C(C)(C)c3c(ccc5c6ccccc6c6ccccc6c35)N4c3ccccc3)cc21. The second-order valence-electron chi connectivity index (χ2n) is 16.5. The van der Waals surface area contributed by atoms with E-state index in [0.717, 1.165) is 5.69 Å². The lowest BCUT2D eigenvalue weighted by Crippen LogP contribution is -2.31. The molecule has 9 aromatic carbocycles. The molecule has 0 spiro atoms. The summed E-state index contributed by atoms with van der Waals surface area (Å²) in [5, 5.41) is 7.85. The van der Waals surface area contributed by atoms with Gasteiger partial charge < -0.3 is 9.80 Å². The fraction of sp³-hybridized carbons (Fsp3) is 0.111. The Balaban J connectivity index is 1.15. The summed E-state index contributed by atoms with van der Waals surface area (Å²) in [5.74, 6) is 0. The first-order valence-corrected chi connectivity index (χ1v) is 19.8. The van der Waals surface area contributed by atoms with E-state index in [1.54, 1.807) is 0 Å². The summed E-state index contributed by atoms with van der Waals surface area (Å²) in [5.41, 5.74) is 14.6. The van der Waals surface area contributed by atoms with E-state index in [1.807, 2.05) is 0 Å². The van der Waals surface area contributed by atoms with Crippen LogP contribution in [0.2, 0.25) is 0 Å². The Labute approximate surface area is 328 Å². The van der Waals surface area contributed by atoms with Crippen molar-refractivity contribution >= 4 is 66.4 Å². The van der Waals surface area contributed by atoms with Crippen molar-refractivity contribution in [3.8, 4) is 11.1 Å². The van der Waals surface area contributed by atoms with Crippen LogP contribution in [0, 0.1) is 0 Å². The highest BCUT2D eigenvalue weighted by atomic mass is 15.2. The molecule has 2 aliphatic heterocycles. The van der Waals surface area contributed by atoms with Crippen LogP contribution in [-0.2, 0) is 10.8 Å². The number of rotatable bonds is 3. The van der Waals surface area contributed by atoms with E-state index < -0.39 is 0 Å². The largest absolute Gasteiger partial charge is 0.310 e. The molecule has 0 aromatic heterocycles. The van der Waals surface area contributed by atoms with Crippen molar-refractivity contribution in [3.63, 3.8) is 0 Å². The van der Waals surface area contributed by atoms with Crippen LogP contribution in [-0.4, -0.2) is 0 Å². The molecule has 2 heterocycles. The van der Waals surface area contributed by atoms with Gasteiger partial charge in [0.25, 0.3) is 0 Å². The molecule has 2 heteroatoms. The summed E-state index contributed by atoms with van der Waals surface area (Å²) in [6.45, 7) is 9.62. The summed E-state index contributed by atoms with van der Waals surface area (Å²) in [6, 6.07) is 67.5. The van der Waals surface area contributed by atoms with Gasteiger partial charge in [-0.2, -0.15) is 0 Å². The molecule has 11 rings (SSSR count).